The van der Waals surface area contributed by atoms with E-state index in [0.29, 0.717) is 11.3 Å². The molecule has 3 atom stereocenters. The quantitative estimate of drug-likeness (QED) is 0.860. The van der Waals surface area contributed by atoms with E-state index in [2.05, 4.69) is 18.2 Å². The van der Waals surface area contributed by atoms with Gasteiger partial charge < -0.3 is 5.73 Å². The van der Waals surface area contributed by atoms with Gasteiger partial charge in [-0.2, -0.15) is 10.5 Å². The Kier molecular flexibility index (Phi) is 3.69. The first-order valence-electron chi connectivity index (χ1n) is 7.42. The van der Waals surface area contributed by atoms with E-state index in [1.807, 2.05) is 0 Å². The minimum atomic E-state index is -0.541. The van der Waals surface area contributed by atoms with Gasteiger partial charge in [0.25, 0.3) is 0 Å². The van der Waals surface area contributed by atoms with Crippen molar-refractivity contribution in [1.82, 2.24) is 0 Å². The summed E-state index contributed by atoms with van der Waals surface area (Å²) in [7, 11) is 0. The van der Waals surface area contributed by atoms with Crippen molar-refractivity contribution in [3.05, 3.63) is 58.6 Å². The van der Waals surface area contributed by atoms with Crippen molar-refractivity contribution in [2.24, 2.45) is 17.6 Å². The Morgan fingerprint density at radius 2 is 1.91 bits per heavy atom. The van der Waals surface area contributed by atoms with E-state index < -0.39 is 5.92 Å². The minimum absolute atomic E-state index is 0.103. The first-order valence-corrected chi connectivity index (χ1v) is 7.42. The molecule has 0 fully saturated rings. The van der Waals surface area contributed by atoms with Crippen molar-refractivity contribution in [3.63, 3.8) is 0 Å². The van der Waals surface area contributed by atoms with Crippen LogP contribution in [0.4, 0.5) is 4.39 Å². The zero-order valence-electron chi connectivity index (χ0n) is 12.1. The molecule has 0 radical (unpaired) electrons. The lowest BCUT2D eigenvalue weighted by Gasteiger charge is -2.39. The van der Waals surface area contributed by atoms with Gasteiger partial charge in [-0.05, 0) is 48.4 Å². The Morgan fingerprint density at radius 1 is 1.18 bits per heavy atom. The summed E-state index contributed by atoms with van der Waals surface area (Å²) in [5.41, 5.74) is 8.82. The third-order valence-electron chi connectivity index (χ3n) is 4.69. The van der Waals surface area contributed by atoms with E-state index in [1.54, 1.807) is 12.1 Å². The molecule has 3 nitrogen and oxygen atoms in total. The van der Waals surface area contributed by atoms with Crippen molar-refractivity contribution in [3.8, 4) is 12.1 Å². The van der Waals surface area contributed by atoms with Crippen LogP contribution < -0.4 is 5.73 Å². The molecule has 3 rings (SSSR count). The summed E-state index contributed by atoms with van der Waals surface area (Å²) in [4.78, 5) is 0. The summed E-state index contributed by atoms with van der Waals surface area (Å²) in [6, 6.07) is 10.7. The fraction of sp³-hybridized carbons (Fsp3) is 0.333. The Hall–Kier alpha value is -2.59. The van der Waals surface area contributed by atoms with Gasteiger partial charge in [-0.15, -0.1) is 0 Å². The number of hydrogen-bond donors (Lipinski definition) is 1. The predicted molar refractivity (Wildman–Crippen MR) is 80.5 cm³/mol. The van der Waals surface area contributed by atoms with Crippen molar-refractivity contribution >= 4 is 0 Å². The van der Waals surface area contributed by atoms with Crippen LogP contribution >= 0.6 is 0 Å². The molecule has 2 aliphatic carbocycles. The largest absolute Gasteiger partial charge is 0.400 e. The second-order valence-electron chi connectivity index (χ2n) is 5.82. The van der Waals surface area contributed by atoms with Gasteiger partial charge in [0.2, 0.25) is 0 Å². The average molecular weight is 293 g/mol. The van der Waals surface area contributed by atoms with Crippen molar-refractivity contribution in [2.45, 2.75) is 25.2 Å². The van der Waals surface area contributed by atoms with E-state index in [1.165, 1.54) is 12.1 Å². The van der Waals surface area contributed by atoms with Gasteiger partial charge in [0.1, 0.15) is 11.9 Å². The molecule has 0 heterocycles. The van der Waals surface area contributed by atoms with E-state index >= 15 is 0 Å². The van der Waals surface area contributed by atoms with Crippen molar-refractivity contribution < 1.29 is 4.39 Å². The zero-order chi connectivity index (χ0) is 15.7. The predicted octanol–water partition coefficient (Wildman–Crippen LogP) is 3.53. The highest BCUT2D eigenvalue weighted by molar-refractivity contribution is 5.54. The lowest BCUT2D eigenvalue weighted by atomic mass is 9.63. The Labute approximate surface area is 129 Å². The van der Waals surface area contributed by atoms with Crippen molar-refractivity contribution in [1.29, 1.82) is 10.5 Å². The molecule has 1 aromatic rings. The second kappa shape index (κ2) is 5.66. The van der Waals surface area contributed by atoms with Gasteiger partial charge in [-0.3, -0.25) is 0 Å². The minimum Gasteiger partial charge on any atom is -0.400 e. The standard InChI is InChI=1S/C18H16FN3/c19-12-7-5-11(6-8-12)17-14-4-2-1-3-13(14)15(9-20)18(22)16(17)10-21/h3,5-8,14,16-17H,1-2,4,22H2. The highest BCUT2D eigenvalue weighted by atomic mass is 19.1. The maximum atomic E-state index is 13.2. The van der Waals surface area contributed by atoms with Crippen LogP contribution in [0.15, 0.2) is 47.2 Å². The van der Waals surface area contributed by atoms with Gasteiger partial charge in [-0.1, -0.05) is 18.2 Å². The second-order valence-corrected chi connectivity index (χ2v) is 5.82. The smallest absolute Gasteiger partial charge is 0.123 e. The molecular weight excluding hydrogens is 277 g/mol. The van der Waals surface area contributed by atoms with Crippen LogP contribution in [0.3, 0.4) is 0 Å². The molecule has 0 amide bonds. The molecule has 2 N–H and O–H groups in total. The number of nitriles is 2. The maximum Gasteiger partial charge on any atom is 0.123 e. The van der Waals surface area contributed by atoms with E-state index in [9.17, 15) is 14.9 Å². The maximum absolute atomic E-state index is 13.2. The Bertz CT molecular complexity index is 731. The lowest BCUT2D eigenvalue weighted by molar-refractivity contribution is 0.368. The van der Waals surface area contributed by atoms with Crippen LogP contribution in [-0.2, 0) is 0 Å². The summed E-state index contributed by atoms with van der Waals surface area (Å²) in [5, 5.41) is 19.0. The monoisotopic (exact) mass is 293 g/mol. The molecule has 0 aliphatic heterocycles. The molecule has 0 saturated heterocycles. The van der Waals surface area contributed by atoms with E-state index in [4.69, 9.17) is 5.73 Å². The lowest BCUT2D eigenvalue weighted by Crippen LogP contribution is -2.34. The molecule has 4 heteroatoms. The van der Waals surface area contributed by atoms with Crippen LogP contribution in [0.1, 0.15) is 30.7 Å². The first kappa shape index (κ1) is 14.4. The number of benzene rings is 1. The molecule has 0 aromatic heterocycles. The van der Waals surface area contributed by atoms with Crippen molar-refractivity contribution in [2.75, 3.05) is 0 Å². The summed E-state index contributed by atoms with van der Waals surface area (Å²) >= 11 is 0. The average Bonchev–Trinajstić information content (AvgIpc) is 2.55. The number of allylic oxidation sites excluding steroid dienone is 4. The van der Waals surface area contributed by atoms with Gasteiger partial charge in [0.05, 0.1) is 17.6 Å². The molecule has 0 saturated carbocycles. The molecule has 2 aliphatic rings. The van der Waals surface area contributed by atoms with Gasteiger partial charge >= 0.3 is 0 Å². The normalized spacial score (nSPS) is 27.4. The molecule has 3 unspecified atom stereocenters. The van der Waals surface area contributed by atoms with Gasteiger partial charge in [-0.25, -0.2) is 4.39 Å². The van der Waals surface area contributed by atoms with Crippen LogP contribution in [0, 0.1) is 40.3 Å². The molecular formula is C18H16FN3. The number of fused-ring (bicyclic) bond motifs is 1. The number of rotatable bonds is 1. The Balaban J connectivity index is 2.17. The number of nitrogens with two attached hydrogens (primary N) is 1. The highest BCUT2D eigenvalue weighted by Gasteiger charge is 2.42. The third-order valence-corrected chi connectivity index (χ3v) is 4.69. The molecule has 22 heavy (non-hydrogen) atoms. The summed E-state index contributed by atoms with van der Waals surface area (Å²) in [5.74, 6) is -0.853. The highest BCUT2D eigenvalue weighted by Crippen LogP contribution is 2.49. The van der Waals surface area contributed by atoms with E-state index in [-0.39, 0.29) is 17.7 Å². The first-order chi connectivity index (χ1) is 10.7. The SMILES string of the molecule is N#CC1=C(N)C(C#N)C(c2ccc(F)cc2)C2CCCC=C12. The third kappa shape index (κ3) is 2.18. The topological polar surface area (TPSA) is 73.6 Å². The summed E-state index contributed by atoms with van der Waals surface area (Å²) < 4.78 is 13.2. The zero-order valence-corrected chi connectivity index (χ0v) is 12.1. The van der Waals surface area contributed by atoms with Crippen LogP contribution in [0.5, 0.6) is 0 Å². The number of halogens is 1. The van der Waals surface area contributed by atoms with Gasteiger partial charge in [0, 0.05) is 11.6 Å². The molecule has 0 spiro atoms. The van der Waals surface area contributed by atoms with E-state index in [0.717, 1.165) is 30.4 Å². The molecule has 1 aromatic carbocycles. The van der Waals surface area contributed by atoms with Crippen LogP contribution in [0.25, 0.3) is 0 Å². The molecule has 110 valence electrons. The van der Waals surface area contributed by atoms with Crippen LogP contribution in [-0.4, -0.2) is 0 Å². The summed E-state index contributed by atoms with van der Waals surface area (Å²) in [6.45, 7) is 0. The number of nitrogens with zero attached hydrogens (tertiary/aromatic N) is 2. The fourth-order valence-electron chi connectivity index (χ4n) is 3.70. The molecule has 0 bridgehead atoms. The van der Waals surface area contributed by atoms with Gasteiger partial charge in [0.15, 0.2) is 0 Å². The summed E-state index contributed by atoms with van der Waals surface area (Å²) in [6.07, 6.45) is 4.95. The fourth-order valence-corrected chi connectivity index (χ4v) is 3.70. The van der Waals surface area contributed by atoms with Crippen LogP contribution in [0.2, 0.25) is 0 Å². The Morgan fingerprint density at radius 3 is 2.55 bits per heavy atom. The number of hydrogen-bond acceptors (Lipinski definition) is 3.